The van der Waals surface area contributed by atoms with Gasteiger partial charge in [0.15, 0.2) is 11.7 Å². The van der Waals surface area contributed by atoms with E-state index < -0.39 is 0 Å². The van der Waals surface area contributed by atoms with Crippen LogP contribution in [0.3, 0.4) is 0 Å². The van der Waals surface area contributed by atoms with Crippen LogP contribution in [0.15, 0.2) is 58.1 Å². The monoisotopic (exact) mass is 510 g/mol. The molecular formula is C22H31IN4O2. The van der Waals surface area contributed by atoms with Gasteiger partial charge in [0.25, 0.3) is 5.91 Å². The number of piperazine rings is 1. The molecule has 0 radical (unpaired) electrons. The molecule has 0 spiro atoms. The van der Waals surface area contributed by atoms with Crippen molar-refractivity contribution in [2.75, 3.05) is 39.8 Å². The summed E-state index contributed by atoms with van der Waals surface area (Å²) >= 11 is 0. The van der Waals surface area contributed by atoms with Gasteiger partial charge in [-0.25, -0.2) is 0 Å². The molecule has 1 amide bonds. The molecule has 1 aliphatic rings. The first-order chi connectivity index (χ1) is 13.8. The number of carbonyl (C=O) groups excluding carboxylic acids is 1. The van der Waals surface area contributed by atoms with Crippen LogP contribution in [-0.2, 0) is 6.42 Å². The molecule has 29 heavy (non-hydrogen) atoms. The van der Waals surface area contributed by atoms with Crippen LogP contribution in [0.2, 0.25) is 0 Å². The van der Waals surface area contributed by atoms with E-state index in [-0.39, 0.29) is 29.9 Å². The molecule has 7 heteroatoms. The Morgan fingerprint density at radius 1 is 1.00 bits per heavy atom. The van der Waals surface area contributed by atoms with Crippen molar-refractivity contribution in [1.29, 1.82) is 0 Å². The Morgan fingerprint density at radius 3 is 2.38 bits per heavy atom. The third kappa shape index (κ3) is 7.06. The third-order valence-electron chi connectivity index (χ3n) is 5.08. The average molecular weight is 510 g/mol. The highest BCUT2D eigenvalue weighted by molar-refractivity contribution is 14.0. The zero-order valence-corrected chi connectivity index (χ0v) is 19.4. The maximum atomic E-state index is 12.3. The lowest BCUT2D eigenvalue weighted by atomic mass is 10.1. The summed E-state index contributed by atoms with van der Waals surface area (Å²) in [6.45, 7) is 3.84. The zero-order chi connectivity index (χ0) is 19.6. The highest BCUT2D eigenvalue weighted by Crippen LogP contribution is 2.10. The molecule has 1 aliphatic heterocycles. The minimum atomic E-state index is -0.0361. The van der Waals surface area contributed by atoms with Crippen molar-refractivity contribution in [3.8, 4) is 0 Å². The lowest BCUT2D eigenvalue weighted by Gasteiger charge is -2.36. The number of aryl methyl sites for hydroxylation is 1. The number of nitrogens with zero attached hydrogens (tertiary/aromatic N) is 3. The van der Waals surface area contributed by atoms with Crippen LogP contribution >= 0.6 is 24.0 Å². The molecular weight excluding hydrogens is 479 g/mol. The minimum Gasteiger partial charge on any atom is -0.459 e. The average Bonchev–Trinajstić information content (AvgIpc) is 3.29. The third-order valence-corrected chi connectivity index (χ3v) is 5.08. The summed E-state index contributed by atoms with van der Waals surface area (Å²) in [5, 5.41) is 3.46. The molecule has 1 fully saturated rings. The highest BCUT2D eigenvalue weighted by Gasteiger charge is 2.24. The Morgan fingerprint density at radius 2 is 1.72 bits per heavy atom. The topological polar surface area (TPSA) is 61.1 Å². The Balaban J connectivity index is 0.00000300. The van der Waals surface area contributed by atoms with Gasteiger partial charge in [-0.3, -0.25) is 9.79 Å². The Bertz CT molecular complexity index is 741. The number of aliphatic imine (C=N–C) groups is 1. The summed E-state index contributed by atoms with van der Waals surface area (Å²) in [5.41, 5.74) is 1.41. The van der Waals surface area contributed by atoms with Crippen LogP contribution in [0.25, 0.3) is 0 Å². The SMILES string of the molecule is CN=C(NCCCCCc1ccccc1)N1CCN(C(=O)c2ccco2)CC1.I. The van der Waals surface area contributed by atoms with Gasteiger partial charge in [0, 0.05) is 39.8 Å². The molecule has 158 valence electrons. The van der Waals surface area contributed by atoms with E-state index in [0.717, 1.165) is 38.4 Å². The molecule has 2 heterocycles. The predicted octanol–water partition coefficient (Wildman–Crippen LogP) is 3.64. The fourth-order valence-electron chi connectivity index (χ4n) is 3.49. The summed E-state index contributed by atoms with van der Waals surface area (Å²) in [7, 11) is 1.82. The van der Waals surface area contributed by atoms with Crippen molar-refractivity contribution >= 4 is 35.8 Å². The first-order valence-corrected chi connectivity index (χ1v) is 10.1. The van der Waals surface area contributed by atoms with E-state index in [1.807, 2.05) is 11.9 Å². The predicted molar refractivity (Wildman–Crippen MR) is 127 cm³/mol. The molecule has 0 atom stereocenters. The van der Waals surface area contributed by atoms with Crippen molar-refractivity contribution in [2.24, 2.45) is 4.99 Å². The summed E-state index contributed by atoms with van der Waals surface area (Å²) in [4.78, 5) is 20.8. The van der Waals surface area contributed by atoms with Gasteiger partial charge in [-0.2, -0.15) is 0 Å². The van der Waals surface area contributed by atoms with Crippen molar-refractivity contribution in [2.45, 2.75) is 25.7 Å². The first-order valence-electron chi connectivity index (χ1n) is 10.1. The number of nitrogens with one attached hydrogen (secondary N) is 1. The van der Waals surface area contributed by atoms with Gasteiger partial charge in [-0.15, -0.1) is 24.0 Å². The molecule has 0 bridgehead atoms. The number of amides is 1. The second-order valence-corrected chi connectivity index (χ2v) is 7.03. The van der Waals surface area contributed by atoms with Crippen molar-refractivity contribution < 1.29 is 9.21 Å². The number of carbonyl (C=O) groups is 1. The molecule has 1 N–H and O–H groups in total. The lowest BCUT2D eigenvalue weighted by molar-refractivity contribution is 0.0657. The molecule has 0 saturated carbocycles. The molecule has 6 nitrogen and oxygen atoms in total. The Hall–Kier alpha value is -2.03. The van der Waals surface area contributed by atoms with Crippen LogP contribution in [-0.4, -0.2) is 61.4 Å². The van der Waals surface area contributed by atoms with E-state index in [9.17, 15) is 4.79 Å². The molecule has 1 aromatic heterocycles. The minimum absolute atomic E-state index is 0. The number of benzene rings is 1. The van der Waals surface area contributed by atoms with Crippen molar-refractivity contribution in [3.63, 3.8) is 0 Å². The number of rotatable bonds is 7. The summed E-state index contributed by atoms with van der Waals surface area (Å²) in [5.74, 6) is 1.30. The molecule has 1 aromatic carbocycles. The van der Waals surface area contributed by atoms with Crippen LogP contribution in [0.5, 0.6) is 0 Å². The van der Waals surface area contributed by atoms with Gasteiger partial charge in [-0.05, 0) is 37.0 Å². The van der Waals surface area contributed by atoms with Gasteiger partial charge in [0.2, 0.25) is 0 Å². The van der Waals surface area contributed by atoms with Gasteiger partial charge in [0.1, 0.15) is 0 Å². The van der Waals surface area contributed by atoms with Crippen LogP contribution in [0.4, 0.5) is 0 Å². The van der Waals surface area contributed by atoms with E-state index >= 15 is 0 Å². The largest absolute Gasteiger partial charge is 0.459 e. The lowest BCUT2D eigenvalue weighted by Crippen LogP contribution is -2.53. The van der Waals surface area contributed by atoms with E-state index in [4.69, 9.17) is 4.42 Å². The van der Waals surface area contributed by atoms with Gasteiger partial charge < -0.3 is 19.5 Å². The van der Waals surface area contributed by atoms with E-state index in [1.165, 1.54) is 24.7 Å². The fraction of sp³-hybridized carbons (Fsp3) is 0.455. The normalized spacial score (nSPS) is 14.4. The van der Waals surface area contributed by atoms with Crippen molar-refractivity contribution in [3.05, 3.63) is 60.1 Å². The second-order valence-electron chi connectivity index (χ2n) is 7.03. The van der Waals surface area contributed by atoms with E-state index in [0.29, 0.717) is 18.8 Å². The number of hydrogen-bond donors (Lipinski definition) is 1. The molecule has 0 unspecified atom stereocenters. The number of halogens is 1. The van der Waals surface area contributed by atoms with E-state index in [2.05, 4.69) is 45.5 Å². The number of unbranched alkanes of at least 4 members (excludes halogenated alkanes) is 2. The van der Waals surface area contributed by atoms with Gasteiger partial charge in [-0.1, -0.05) is 36.8 Å². The summed E-state index contributed by atoms with van der Waals surface area (Å²) in [6, 6.07) is 14.1. The van der Waals surface area contributed by atoms with Gasteiger partial charge in [0.05, 0.1) is 6.26 Å². The summed E-state index contributed by atoms with van der Waals surface area (Å²) in [6.07, 6.45) is 6.21. The maximum Gasteiger partial charge on any atom is 0.289 e. The smallest absolute Gasteiger partial charge is 0.289 e. The van der Waals surface area contributed by atoms with Crippen LogP contribution < -0.4 is 5.32 Å². The first kappa shape index (κ1) is 23.3. The van der Waals surface area contributed by atoms with Crippen LogP contribution in [0.1, 0.15) is 35.4 Å². The van der Waals surface area contributed by atoms with E-state index in [1.54, 1.807) is 12.1 Å². The quantitative estimate of drug-likeness (QED) is 0.268. The molecule has 3 rings (SSSR count). The van der Waals surface area contributed by atoms with Crippen LogP contribution in [0, 0.1) is 0 Å². The highest BCUT2D eigenvalue weighted by atomic mass is 127. The number of hydrogen-bond acceptors (Lipinski definition) is 3. The second kappa shape index (κ2) is 12.5. The number of guanidine groups is 1. The Kier molecular flexibility index (Phi) is 10.0. The fourth-order valence-corrected chi connectivity index (χ4v) is 3.49. The molecule has 1 saturated heterocycles. The maximum absolute atomic E-state index is 12.3. The standard InChI is InChI=1S/C22H30N4O2.HI/c1-23-22(24-13-7-3-6-11-19-9-4-2-5-10-19)26-16-14-25(15-17-26)21(27)20-12-8-18-28-20;/h2,4-5,8-10,12,18H,3,6-7,11,13-17H2,1H3,(H,23,24);1H. The van der Waals surface area contributed by atoms with Crippen molar-refractivity contribution in [1.82, 2.24) is 15.1 Å². The van der Waals surface area contributed by atoms with Gasteiger partial charge >= 0.3 is 0 Å². The zero-order valence-electron chi connectivity index (χ0n) is 17.0. The molecule has 2 aromatic rings. The number of furan rings is 1. The Labute approximate surface area is 190 Å². The molecule has 0 aliphatic carbocycles. The summed E-state index contributed by atoms with van der Waals surface area (Å²) < 4.78 is 5.22.